The van der Waals surface area contributed by atoms with Gasteiger partial charge in [0.1, 0.15) is 0 Å². The van der Waals surface area contributed by atoms with E-state index >= 15 is 0 Å². The topological polar surface area (TPSA) is 9.23 Å². The molecule has 0 radical (unpaired) electrons. The maximum atomic E-state index is 6.95. The van der Waals surface area contributed by atoms with E-state index in [1.807, 2.05) is 0 Å². The van der Waals surface area contributed by atoms with Gasteiger partial charge in [0.05, 0.1) is 0 Å². The first-order valence-electron chi connectivity index (χ1n) is 10.9. The summed E-state index contributed by atoms with van der Waals surface area (Å²) in [5.41, 5.74) is 0. The molecule has 0 spiro atoms. The van der Waals surface area contributed by atoms with Crippen LogP contribution in [0.3, 0.4) is 0 Å². The van der Waals surface area contributed by atoms with Crippen molar-refractivity contribution in [1.82, 2.24) is 0 Å². The second kappa shape index (κ2) is 6.80. The quantitative estimate of drug-likeness (QED) is 0.343. The molecule has 2 fully saturated rings. The highest BCUT2D eigenvalue weighted by Gasteiger charge is 2.40. The van der Waals surface area contributed by atoms with Gasteiger partial charge in [-0.05, 0) is 99.5 Å². The van der Waals surface area contributed by atoms with E-state index in [4.69, 9.17) is 4.12 Å². The summed E-state index contributed by atoms with van der Waals surface area (Å²) < 4.78 is 6.95. The lowest BCUT2D eigenvalue weighted by Crippen LogP contribution is -2.44. The summed E-state index contributed by atoms with van der Waals surface area (Å²) in [7, 11) is -3.01. The molecule has 4 aliphatic rings. The number of hydrogen-bond acceptors (Lipinski definition) is 1. The van der Waals surface area contributed by atoms with Crippen molar-refractivity contribution in [3.63, 3.8) is 0 Å². The zero-order chi connectivity index (χ0) is 17.7. The second-order valence-electron chi connectivity index (χ2n) is 10.8. The summed E-state index contributed by atoms with van der Waals surface area (Å²) in [6, 6.07) is 2.75. The van der Waals surface area contributed by atoms with E-state index in [1.54, 1.807) is 0 Å². The van der Waals surface area contributed by atoms with Crippen molar-refractivity contribution in [1.29, 1.82) is 0 Å². The summed E-state index contributed by atoms with van der Waals surface area (Å²) in [5, 5.41) is 0. The van der Waals surface area contributed by atoms with Gasteiger partial charge in [0.2, 0.25) is 0 Å². The van der Waals surface area contributed by atoms with Gasteiger partial charge in [-0.2, -0.15) is 0 Å². The number of hydrogen-bond donors (Lipinski definition) is 0. The maximum Gasteiger partial charge on any atom is 0.173 e. The summed E-state index contributed by atoms with van der Waals surface area (Å²) in [5.74, 6) is 5.59. The molecule has 2 saturated carbocycles. The molecule has 0 amide bonds. The van der Waals surface area contributed by atoms with Crippen LogP contribution in [0.25, 0.3) is 0 Å². The van der Waals surface area contributed by atoms with Crippen LogP contribution >= 0.6 is 0 Å². The van der Waals surface area contributed by atoms with Gasteiger partial charge in [-0.25, -0.2) is 0 Å². The molecule has 0 aromatic carbocycles. The Balaban J connectivity index is 1.23. The van der Waals surface area contributed by atoms with Crippen LogP contribution in [-0.4, -0.2) is 16.6 Å². The Kier molecular flexibility index (Phi) is 4.96. The first-order chi connectivity index (χ1) is 11.8. The minimum atomic E-state index is -1.50. The lowest BCUT2D eigenvalue weighted by Gasteiger charge is -2.36. The predicted molar refractivity (Wildman–Crippen MR) is 113 cm³/mol. The third-order valence-corrected chi connectivity index (χ3v) is 15.0. The van der Waals surface area contributed by atoms with Gasteiger partial charge in [0, 0.05) is 0 Å². The molecule has 0 aromatic heterocycles. The zero-order valence-corrected chi connectivity index (χ0v) is 18.8. The minimum Gasteiger partial charge on any atom is -0.455 e. The Morgan fingerprint density at radius 1 is 0.680 bits per heavy atom. The number of fused-ring (bicyclic) bond motifs is 4. The van der Waals surface area contributed by atoms with E-state index in [0.29, 0.717) is 0 Å². The summed E-state index contributed by atoms with van der Waals surface area (Å²) in [6.45, 7) is 9.96. The fraction of sp³-hybridized carbons (Fsp3) is 0.818. The second-order valence-corrected chi connectivity index (χ2v) is 19.6. The third-order valence-electron chi connectivity index (χ3n) is 7.62. The standard InChI is InChI=1S/C22H38OSi2/c1-24(2,11-9-21-15-17-5-7-19(21)13-17)23-25(3,4)12-10-22-16-18-6-8-20(22)14-18/h5-8,17-22H,9-16H2,1-4H3/t17?,18?,19-,20?,21?,22?/m1/s1. The minimum absolute atomic E-state index is 0.908. The van der Waals surface area contributed by atoms with Crippen molar-refractivity contribution in [3.8, 4) is 0 Å². The molecular formula is C22H38OSi2. The van der Waals surface area contributed by atoms with Gasteiger partial charge >= 0.3 is 0 Å². The highest BCUT2D eigenvalue weighted by Crippen LogP contribution is 2.47. The van der Waals surface area contributed by atoms with Gasteiger partial charge in [0.25, 0.3) is 0 Å². The molecule has 0 aliphatic heterocycles. The fourth-order valence-electron chi connectivity index (χ4n) is 6.37. The molecule has 4 bridgehead atoms. The number of rotatable bonds is 8. The molecule has 4 aliphatic carbocycles. The lowest BCUT2D eigenvalue weighted by atomic mass is 9.91. The van der Waals surface area contributed by atoms with Crippen LogP contribution in [0.5, 0.6) is 0 Å². The largest absolute Gasteiger partial charge is 0.455 e. The van der Waals surface area contributed by atoms with Gasteiger partial charge in [-0.1, -0.05) is 37.1 Å². The average Bonchev–Trinajstić information content (AvgIpc) is 3.30. The zero-order valence-electron chi connectivity index (χ0n) is 16.8. The molecule has 4 rings (SSSR count). The average molecular weight is 375 g/mol. The molecule has 3 heteroatoms. The first-order valence-corrected chi connectivity index (χ1v) is 17.1. The maximum absolute atomic E-state index is 6.95. The van der Waals surface area contributed by atoms with E-state index in [-0.39, 0.29) is 0 Å². The van der Waals surface area contributed by atoms with E-state index < -0.39 is 16.6 Å². The highest BCUT2D eigenvalue weighted by atomic mass is 28.4. The van der Waals surface area contributed by atoms with Crippen molar-refractivity contribution in [2.75, 3.05) is 0 Å². The Morgan fingerprint density at radius 2 is 1.12 bits per heavy atom. The van der Waals surface area contributed by atoms with Crippen LogP contribution in [0, 0.1) is 35.5 Å². The molecule has 6 atom stereocenters. The van der Waals surface area contributed by atoms with E-state index in [9.17, 15) is 0 Å². The van der Waals surface area contributed by atoms with E-state index in [2.05, 4.69) is 50.5 Å². The number of allylic oxidation sites excluding steroid dienone is 4. The molecular weight excluding hydrogens is 336 g/mol. The van der Waals surface area contributed by atoms with Crippen molar-refractivity contribution in [3.05, 3.63) is 24.3 Å². The van der Waals surface area contributed by atoms with Gasteiger partial charge < -0.3 is 4.12 Å². The highest BCUT2D eigenvalue weighted by molar-refractivity contribution is 6.84. The van der Waals surface area contributed by atoms with Gasteiger partial charge in [-0.3, -0.25) is 0 Å². The van der Waals surface area contributed by atoms with Crippen LogP contribution in [-0.2, 0) is 4.12 Å². The van der Waals surface area contributed by atoms with Crippen LogP contribution in [0.15, 0.2) is 24.3 Å². The molecule has 0 N–H and O–H groups in total. The van der Waals surface area contributed by atoms with Crippen LogP contribution in [0.1, 0.15) is 38.5 Å². The molecule has 0 aromatic rings. The van der Waals surface area contributed by atoms with Crippen LogP contribution in [0.4, 0.5) is 0 Å². The summed E-state index contributed by atoms with van der Waals surface area (Å²) in [6.07, 6.45) is 18.6. The first kappa shape index (κ1) is 18.2. The summed E-state index contributed by atoms with van der Waals surface area (Å²) in [4.78, 5) is 0. The third kappa shape index (κ3) is 4.24. The van der Waals surface area contributed by atoms with E-state index in [1.165, 1.54) is 50.6 Å². The SMILES string of the molecule is C[Si](C)(CCC1CC2C=CC1C2)O[Si](C)(C)CCC1CC2C=C[C@@H]1C2. The Morgan fingerprint density at radius 3 is 1.44 bits per heavy atom. The van der Waals surface area contributed by atoms with E-state index in [0.717, 1.165) is 35.5 Å². The Labute approximate surface area is 157 Å². The Hall–Kier alpha value is -0.126. The van der Waals surface area contributed by atoms with Gasteiger partial charge in [0.15, 0.2) is 16.6 Å². The fourth-order valence-corrected chi connectivity index (χ4v) is 15.3. The van der Waals surface area contributed by atoms with Crippen molar-refractivity contribution < 1.29 is 4.12 Å². The summed E-state index contributed by atoms with van der Waals surface area (Å²) >= 11 is 0. The molecule has 140 valence electrons. The molecule has 1 nitrogen and oxygen atoms in total. The lowest BCUT2D eigenvalue weighted by molar-refractivity contribution is 0.412. The molecule has 0 saturated heterocycles. The van der Waals surface area contributed by atoms with Crippen molar-refractivity contribution >= 4 is 16.6 Å². The van der Waals surface area contributed by atoms with Crippen molar-refractivity contribution in [2.45, 2.75) is 76.8 Å². The van der Waals surface area contributed by atoms with Crippen LogP contribution < -0.4 is 0 Å². The Bertz CT molecular complexity index is 502. The van der Waals surface area contributed by atoms with Crippen molar-refractivity contribution in [2.24, 2.45) is 35.5 Å². The molecule has 5 unspecified atom stereocenters. The molecule has 0 heterocycles. The normalized spacial score (nSPS) is 39.0. The molecule has 25 heavy (non-hydrogen) atoms. The smallest absolute Gasteiger partial charge is 0.173 e. The predicted octanol–water partition coefficient (Wildman–Crippen LogP) is 6.62. The van der Waals surface area contributed by atoms with Crippen LogP contribution in [0.2, 0.25) is 38.3 Å². The monoisotopic (exact) mass is 374 g/mol. The van der Waals surface area contributed by atoms with Gasteiger partial charge in [-0.15, -0.1) is 0 Å².